The molecule has 0 fully saturated rings. The molecule has 0 bridgehead atoms. The first-order valence-electron chi connectivity index (χ1n) is 8.14. The molecular formula is C19H22N2O4S. The van der Waals surface area contributed by atoms with Crippen molar-refractivity contribution < 1.29 is 18.5 Å². The second-order valence-electron chi connectivity index (χ2n) is 5.70. The molecule has 138 valence electrons. The summed E-state index contributed by atoms with van der Waals surface area (Å²) in [7, 11) is 2.57. The van der Waals surface area contributed by atoms with Gasteiger partial charge in [-0.1, -0.05) is 19.1 Å². The zero-order valence-electron chi connectivity index (χ0n) is 15.0. The monoisotopic (exact) mass is 374 g/mol. The van der Waals surface area contributed by atoms with Gasteiger partial charge in [0.25, 0.3) is 5.91 Å². The first kappa shape index (κ1) is 19.7. The number of rotatable bonds is 7. The molecule has 0 saturated heterocycles. The van der Waals surface area contributed by atoms with Gasteiger partial charge in [0.2, 0.25) is 0 Å². The predicted molar refractivity (Wildman–Crippen MR) is 103 cm³/mol. The SMILES string of the molecule is CC[S@@](=O)c1ccccc1C(=O)OCC(=O)Nc1ccc(N(C)C)cc1. The molecule has 1 amide bonds. The van der Waals surface area contributed by atoms with E-state index in [0.717, 1.165) is 5.69 Å². The Morgan fingerprint density at radius 1 is 1.08 bits per heavy atom. The van der Waals surface area contributed by atoms with Crippen LogP contribution in [-0.2, 0) is 20.3 Å². The second-order valence-corrected chi connectivity index (χ2v) is 7.40. The van der Waals surface area contributed by atoms with Crippen molar-refractivity contribution in [3.63, 3.8) is 0 Å². The summed E-state index contributed by atoms with van der Waals surface area (Å²) < 4.78 is 17.1. The fourth-order valence-electron chi connectivity index (χ4n) is 2.24. The summed E-state index contributed by atoms with van der Waals surface area (Å²) in [6.07, 6.45) is 0. The lowest BCUT2D eigenvalue weighted by atomic mass is 10.2. The van der Waals surface area contributed by atoms with Crippen LogP contribution in [0.2, 0.25) is 0 Å². The molecule has 2 aromatic rings. The molecule has 0 aliphatic carbocycles. The molecule has 0 unspecified atom stereocenters. The number of carbonyl (C=O) groups excluding carboxylic acids is 2. The molecule has 1 N–H and O–H groups in total. The average molecular weight is 374 g/mol. The van der Waals surface area contributed by atoms with E-state index < -0.39 is 29.3 Å². The molecular weight excluding hydrogens is 352 g/mol. The lowest BCUT2D eigenvalue weighted by molar-refractivity contribution is -0.119. The number of benzene rings is 2. The van der Waals surface area contributed by atoms with Gasteiger partial charge in [0.05, 0.1) is 21.3 Å². The third-order valence-electron chi connectivity index (χ3n) is 3.62. The van der Waals surface area contributed by atoms with Crippen LogP contribution >= 0.6 is 0 Å². The molecule has 2 rings (SSSR count). The number of amides is 1. The fourth-order valence-corrected chi connectivity index (χ4v) is 3.18. The van der Waals surface area contributed by atoms with E-state index in [2.05, 4.69) is 5.32 Å². The van der Waals surface area contributed by atoms with E-state index in [9.17, 15) is 13.8 Å². The number of nitrogens with zero attached hydrogens (tertiary/aromatic N) is 1. The van der Waals surface area contributed by atoms with Crippen LogP contribution in [0.4, 0.5) is 11.4 Å². The molecule has 2 aromatic carbocycles. The topological polar surface area (TPSA) is 75.7 Å². The second kappa shape index (κ2) is 9.15. The maximum Gasteiger partial charge on any atom is 0.339 e. The van der Waals surface area contributed by atoms with E-state index in [-0.39, 0.29) is 5.56 Å². The summed E-state index contributed by atoms with van der Waals surface area (Å²) in [5, 5.41) is 2.67. The summed E-state index contributed by atoms with van der Waals surface area (Å²) in [5.41, 5.74) is 1.84. The lowest BCUT2D eigenvalue weighted by Gasteiger charge is -2.13. The van der Waals surface area contributed by atoms with Crippen molar-refractivity contribution in [1.82, 2.24) is 0 Å². The van der Waals surface area contributed by atoms with E-state index in [1.165, 1.54) is 0 Å². The van der Waals surface area contributed by atoms with Crippen LogP contribution < -0.4 is 10.2 Å². The van der Waals surface area contributed by atoms with Crippen LogP contribution in [0.1, 0.15) is 17.3 Å². The Morgan fingerprint density at radius 3 is 2.35 bits per heavy atom. The molecule has 1 atom stereocenters. The van der Waals surface area contributed by atoms with Crippen LogP contribution in [-0.4, -0.2) is 42.5 Å². The van der Waals surface area contributed by atoms with Gasteiger partial charge in [-0.3, -0.25) is 9.00 Å². The van der Waals surface area contributed by atoms with Gasteiger partial charge in [-0.05, 0) is 36.4 Å². The first-order valence-corrected chi connectivity index (χ1v) is 9.46. The molecule has 0 heterocycles. The Labute approximate surface area is 155 Å². The zero-order chi connectivity index (χ0) is 19.1. The predicted octanol–water partition coefficient (Wildman–Crippen LogP) is 2.68. The number of esters is 1. The minimum atomic E-state index is -1.28. The number of ether oxygens (including phenoxy) is 1. The molecule has 6 nitrogen and oxygen atoms in total. The Kier molecular flexibility index (Phi) is 6.91. The molecule has 0 spiro atoms. The molecule has 7 heteroatoms. The molecule has 0 radical (unpaired) electrons. The van der Waals surface area contributed by atoms with E-state index in [1.54, 1.807) is 43.3 Å². The summed E-state index contributed by atoms with van der Waals surface area (Å²) in [6.45, 7) is 1.36. The van der Waals surface area contributed by atoms with E-state index in [4.69, 9.17) is 4.74 Å². The van der Waals surface area contributed by atoms with Crippen molar-refractivity contribution in [2.45, 2.75) is 11.8 Å². The minimum absolute atomic E-state index is 0.218. The summed E-state index contributed by atoms with van der Waals surface area (Å²) in [4.78, 5) is 26.6. The van der Waals surface area contributed by atoms with Crippen LogP contribution in [0.5, 0.6) is 0 Å². The van der Waals surface area contributed by atoms with Crippen molar-refractivity contribution in [3.8, 4) is 0 Å². The van der Waals surface area contributed by atoms with E-state index >= 15 is 0 Å². The third-order valence-corrected chi connectivity index (χ3v) is 4.99. The largest absolute Gasteiger partial charge is 0.452 e. The normalized spacial score (nSPS) is 11.5. The van der Waals surface area contributed by atoms with Crippen molar-refractivity contribution >= 4 is 34.1 Å². The minimum Gasteiger partial charge on any atom is -0.452 e. The van der Waals surface area contributed by atoms with Gasteiger partial charge in [0.1, 0.15) is 0 Å². The van der Waals surface area contributed by atoms with Crippen LogP contribution in [0.3, 0.4) is 0 Å². The van der Waals surface area contributed by atoms with Gasteiger partial charge >= 0.3 is 5.97 Å². The van der Waals surface area contributed by atoms with Crippen LogP contribution in [0.25, 0.3) is 0 Å². The Morgan fingerprint density at radius 2 is 1.73 bits per heavy atom. The summed E-state index contributed by atoms with van der Waals surface area (Å²) >= 11 is 0. The van der Waals surface area contributed by atoms with Crippen LogP contribution in [0.15, 0.2) is 53.4 Å². The van der Waals surface area contributed by atoms with Crippen molar-refractivity contribution in [3.05, 3.63) is 54.1 Å². The van der Waals surface area contributed by atoms with E-state index in [1.807, 2.05) is 31.1 Å². The highest BCUT2D eigenvalue weighted by Crippen LogP contribution is 2.17. The number of nitrogens with one attached hydrogen (secondary N) is 1. The standard InChI is InChI=1S/C19H22N2O4S/c1-4-26(24)17-8-6-5-7-16(17)19(23)25-13-18(22)20-14-9-11-15(12-10-14)21(2)3/h5-12H,4,13H2,1-3H3,(H,20,22)/t26-/m1/s1. The van der Waals surface area contributed by atoms with Gasteiger partial charge in [0, 0.05) is 31.2 Å². The van der Waals surface area contributed by atoms with Crippen molar-refractivity contribution in [1.29, 1.82) is 0 Å². The Bertz CT molecular complexity index is 803. The van der Waals surface area contributed by atoms with Gasteiger partial charge in [-0.25, -0.2) is 4.79 Å². The number of carbonyl (C=O) groups is 2. The van der Waals surface area contributed by atoms with E-state index in [0.29, 0.717) is 16.3 Å². The molecule has 0 aliphatic heterocycles. The lowest BCUT2D eigenvalue weighted by Crippen LogP contribution is -2.21. The first-order chi connectivity index (χ1) is 12.4. The summed E-state index contributed by atoms with van der Waals surface area (Å²) in [5.74, 6) is -0.709. The highest BCUT2D eigenvalue weighted by molar-refractivity contribution is 7.85. The van der Waals surface area contributed by atoms with Gasteiger partial charge in [-0.2, -0.15) is 0 Å². The van der Waals surface area contributed by atoms with Crippen molar-refractivity contribution in [2.24, 2.45) is 0 Å². The van der Waals surface area contributed by atoms with Gasteiger partial charge in [0.15, 0.2) is 6.61 Å². The quantitative estimate of drug-likeness (QED) is 0.754. The number of anilines is 2. The maximum absolute atomic E-state index is 12.2. The Balaban J connectivity index is 1.95. The highest BCUT2D eigenvalue weighted by atomic mass is 32.2. The highest BCUT2D eigenvalue weighted by Gasteiger charge is 2.17. The van der Waals surface area contributed by atoms with Gasteiger partial charge < -0.3 is 15.0 Å². The molecule has 0 aromatic heterocycles. The van der Waals surface area contributed by atoms with Gasteiger partial charge in [-0.15, -0.1) is 0 Å². The number of hydrogen-bond acceptors (Lipinski definition) is 5. The molecule has 0 aliphatic rings. The van der Waals surface area contributed by atoms with Crippen LogP contribution in [0, 0.1) is 0 Å². The zero-order valence-corrected chi connectivity index (χ0v) is 15.8. The number of hydrogen-bond donors (Lipinski definition) is 1. The maximum atomic E-state index is 12.2. The van der Waals surface area contributed by atoms with Crippen molar-refractivity contribution in [2.75, 3.05) is 36.7 Å². The average Bonchev–Trinajstić information content (AvgIpc) is 2.65. The molecule has 26 heavy (non-hydrogen) atoms. The fraction of sp³-hybridized carbons (Fsp3) is 0.263. The summed E-state index contributed by atoms with van der Waals surface area (Å²) in [6, 6.07) is 13.8. The molecule has 0 saturated carbocycles. The smallest absolute Gasteiger partial charge is 0.339 e. The third kappa shape index (κ3) is 5.16. The Hall–Kier alpha value is -2.67.